The van der Waals surface area contributed by atoms with Crippen LogP contribution < -0.4 is 5.56 Å². The number of carbonyl (C=O) groups is 1. The number of H-pyrrole nitrogens is 1. The number of furan rings is 1. The molecule has 0 saturated carbocycles. The van der Waals surface area contributed by atoms with Crippen molar-refractivity contribution < 1.29 is 22.4 Å². The van der Waals surface area contributed by atoms with Crippen molar-refractivity contribution >= 4 is 26.9 Å². The number of hydrogen-bond donors (Lipinski definition) is 1. The van der Waals surface area contributed by atoms with Crippen molar-refractivity contribution in [2.24, 2.45) is 0 Å². The molecule has 2 aromatic heterocycles. The minimum absolute atomic E-state index is 0.0176. The number of methoxy groups -OCH3 is 1. The van der Waals surface area contributed by atoms with Crippen LogP contribution in [-0.2, 0) is 27.8 Å². The van der Waals surface area contributed by atoms with Crippen LogP contribution in [-0.4, -0.2) is 30.8 Å². The van der Waals surface area contributed by atoms with Crippen molar-refractivity contribution in [3.63, 3.8) is 0 Å². The van der Waals surface area contributed by atoms with E-state index in [1.807, 2.05) is 26.0 Å². The maximum absolute atomic E-state index is 13.6. The van der Waals surface area contributed by atoms with Crippen LogP contribution >= 0.6 is 0 Å². The van der Waals surface area contributed by atoms with Crippen molar-refractivity contribution in [2.45, 2.75) is 31.8 Å². The molecule has 0 spiro atoms. The third kappa shape index (κ3) is 4.52. The monoisotopic (exact) mass is 480 g/mol. The Bertz CT molecular complexity index is 1500. The molecule has 9 heteroatoms. The van der Waals surface area contributed by atoms with Crippen LogP contribution in [0.25, 0.3) is 10.9 Å². The van der Waals surface area contributed by atoms with Gasteiger partial charge in [0.1, 0.15) is 5.76 Å². The third-order valence-electron chi connectivity index (χ3n) is 5.69. The average Bonchev–Trinajstić information content (AvgIpc) is 3.34. The van der Waals surface area contributed by atoms with Crippen molar-refractivity contribution in [1.29, 1.82) is 0 Å². The Morgan fingerprint density at radius 2 is 1.74 bits per heavy atom. The third-order valence-corrected chi connectivity index (χ3v) is 7.50. The van der Waals surface area contributed by atoms with Crippen LogP contribution in [0, 0.1) is 13.8 Å². The fraction of sp³-hybridized carbons (Fsp3) is 0.200. The van der Waals surface area contributed by atoms with Crippen molar-refractivity contribution in [3.8, 4) is 0 Å². The van der Waals surface area contributed by atoms with Gasteiger partial charge in [0, 0.05) is 17.5 Å². The summed E-state index contributed by atoms with van der Waals surface area (Å²) in [6.45, 7) is 3.60. The Morgan fingerprint density at radius 1 is 1.03 bits per heavy atom. The molecule has 0 bridgehead atoms. The van der Waals surface area contributed by atoms with E-state index in [2.05, 4.69) is 9.72 Å². The molecule has 0 unspecified atom stereocenters. The molecule has 4 rings (SSSR count). The van der Waals surface area contributed by atoms with Crippen LogP contribution in [0.1, 0.15) is 32.8 Å². The average molecular weight is 481 g/mol. The first kappa shape index (κ1) is 23.5. The largest absolute Gasteiger partial charge is 0.468 e. The number of sulfonamides is 1. The van der Waals surface area contributed by atoms with Gasteiger partial charge in [-0.1, -0.05) is 12.1 Å². The van der Waals surface area contributed by atoms with E-state index in [1.165, 1.54) is 41.9 Å². The van der Waals surface area contributed by atoms with Gasteiger partial charge < -0.3 is 14.1 Å². The number of pyridine rings is 1. The molecule has 0 aliphatic rings. The Labute approximate surface area is 196 Å². The van der Waals surface area contributed by atoms with Crippen LogP contribution in [0.3, 0.4) is 0 Å². The van der Waals surface area contributed by atoms with Crippen LogP contribution in [0.5, 0.6) is 0 Å². The summed E-state index contributed by atoms with van der Waals surface area (Å²) >= 11 is 0. The molecule has 176 valence electrons. The number of carbonyl (C=O) groups excluding carboxylic acids is 1. The molecule has 0 atom stereocenters. The van der Waals surface area contributed by atoms with E-state index < -0.39 is 16.0 Å². The van der Waals surface area contributed by atoms with Gasteiger partial charge >= 0.3 is 5.97 Å². The highest BCUT2D eigenvalue weighted by Crippen LogP contribution is 2.24. The number of ether oxygens (including phenoxy) is 1. The van der Waals surface area contributed by atoms with E-state index in [9.17, 15) is 18.0 Å². The molecular formula is C25H24N2O6S. The lowest BCUT2D eigenvalue weighted by molar-refractivity contribution is 0.0600. The molecular weight excluding hydrogens is 456 g/mol. The summed E-state index contributed by atoms with van der Waals surface area (Å²) in [5.41, 5.74) is 2.81. The Balaban J connectivity index is 1.76. The maximum atomic E-state index is 13.6. The predicted octanol–water partition coefficient (Wildman–Crippen LogP) is 3.92. The normalized spacial score (nSPS) is 11.8. The van der Waals surface area contributed by atoms with Gasteiger partial charge in [-0.2, -0.15) is 4.31 Å². The van der Waals surface area contributed by atoms with E-state index in [-0.39, 0.29) is 29.1 Å². The van der Waals surface area contributed by atoms with E-state index in [0.717, 1.165) is 22.0 Å². The molecule has 0 aliphatic heterocycles. The first-order valence-electron chi connectivity index (χ1n) is 10.5. The van der Waals surface area contributed by atoms with Gasteiger partial charge in [0.2, 0.25) is 10.0 Å². The Morgan fingerprint density at radius 3 is 2.38 bits per heavy atom. The van der Waals surface area contributed by atoms with E-state index in [1.54, 1.807) is 18.2 Å². The van der Waals surface area contributed by atoms with Gasteiger partial charge in [0.25, 0.3) is 5.56 Å². The number of nitrogens with one attached hydrogen (secondary N) is 1. The number of benzene rings is 2. The zero-order valence-electron chi connectivity index (χ0n) is 19.0. The van der Waals surface area contributed by atoms with Crippen LogP contribution in [0.15, 0.2) is 75.0 Å². The fourth-order valence-electron chi connectivity index (χ4n) is 3.76. The molecule has 0 amide bonds. The van der Waals surface area contributed by atoms with Crippen molar-refractivity contribution in [1.82, 2.24) is 9.29 Å². The van der Waals surface area contributed by atoms with E-state index in [0.29, 0.717) is 11.3 Å². The lowest BCUT2D eigenvalue weighted by Gasteiger charge is -2.21. The molecule has 34 heavy (non-hydrogen) atoms. The molecule has 4 aromatic rings. The number of aromatic amines is 1. The summed E-state index contributed by atoms with van der Waals surface area (Å²) in [6.07, 6.45) is 1.46. The Kier molecular flexibility index (Phi) is 6.41. The lowest BCUT2D eigenvalue weighted by atomic mass is 10.0. The maximum Gasteiger partial charge on any atom is 0.337 e. The highest BCUT2D eigenvalue weighted by Gasteiger charge is 2.27. The highest BCUT2D eigenvalue weighted by molar-refractivity contribution is 7.89. The van der Waals surface area contributed by atoms with Gasteiger partial charge in [-0.15, -0.1) is 0 Å². The second-order valence-electron chi connectivity index (χ2n) is 7.98. The molecule has 0 fully saturated rings. The number of nitrogens with zero attached hydrogens (tertiary/aromatic N) is 1. The number of aromatic nitrogens is 1. The molecule has 0 radical (unpaired) electrons. The summed E-state index contributed by atoms with van der Waals surface area (Å²) in [7, 11) is -2.79. The summed E-state index contributed by atoms with van der Waals surface area (Å²) in [5, 5.41) is 0.854. The van der Waals surface area contributed by atoms with Gasteiger partial charge in [-0.3, -0.25) is 4.79 Å². The summed E-state index contributed by atoms with van der Waals surface area (Å²) in [4.78, 5) is 27.5. The SMILES string of the molecule is COC(=O)c1ccc(S(=O)(=O)N(Cc2ccco2)Cc2cc3c(C)ccc(C)c3[nH]c2=O)cc1. The van der Waals surface area contributed by atoms with Crippen LogP contribution in [0.2, 0.25) is 0 Å². The minimum Gasteiger partial charge on any atom is -0.468 e. The zero-order valence-corrected chi connectivity index (χ0v) is 19.8. The predicted molar refractivity (Wildman–Crippen MR) is 127 cm³/mol. The van der Waals surface area contributed by atoms with Gasteiger partial charge in [0.05, 0.1) is 35.9 Å². The first-order valence-corrected chi connectivity index (χ1v) is 12.0. The number of hydrogen-bond acceptors (Lipinski definition) is 6. The molecule has 8 nitrogen and oxygen atoms in total. The summed E-state index contributed by atoms with van der Waals surface area (Å²) in [5.74, 6) is -0.135. The number of esters is 1. The summed E-state index contributed by atoms with van der Waals surface area (Å²) in [6, 6.07) is 14.4. The van der Waals surface area contributed by atoms with Gasteiger partial charge in [0.15, 0.2) is 0 Å². The van der Waals surface area contributed by atoms with E-state index >= 15 is 0 Å². The number of rotatable bonds is 7. The molecule has 0 aliphatic carbocycles. The smallest absolute Gasteiger partial charge is 0.337 e. The van der Waals surface area contributed by atoms with E-state index in [4.69, 9.17) is 4.42 Å². The standard InChI is InChI=1S/C25H24N2O6S/c1-16-6-7-17(2)23-22(16)13-19(24(28)26-23)14-27(15-20-5-4-12-33-20)34(30,31)21-10-8-18(9-11-21)25(29)32-3/h4-13H,14-15H2,1-3H3,(H,26,28). The second kappa shape index (κ2) is 9.28. The lowest BCUT2D eigenvalue weighted by Crippen LogP contribution is -2.32. The van der Waals surface area contributed by atoms with Gasteiger partial charge in [-0.05, 0) is 67.4 Å². The quantitative estimate of drug-likeness (QED) is 0.402. The molecule has 1 N–H and O–H groups in total. The first-order chi connectivity index (χ1) is 16.2. The molecule has 2 heterocycles. The van der Waals surface area contributed by atoms with Crippen LogP contribution in [0.4, 0.5) is 0 Å². The Hall–Kier alpha value is -3.69. The zero-order chi connectivity index (χ0) is 24.5. The second-order valence-corrected chi connectivity index (χ2v) is 9.92. The number of fused-ring (bicyclic) bond motifs is 1. The number of aryl methyl sites for hydroxylation is 2. The summed E-state index contributed by atoms with van der Waals surface area (Å²) < 4.78 is 38.4. The highest BCUT2D eigenvalue weighted by atomic mass is 32.2. The minimum atomic E-state index is -4.04. The van der Waals surface area contributed by atoms with Crippen molar-refractivity contribution in [3.05, 3.63) is 99.2 Å². The molecule has 0 saturated heterocycles. The molecule has 2 aromatic carbocycles. The topological polar surface area (TPSA) is 110 Å². The van der Waals surface area contributed by atoms with Gasteiger partial charge in [-0.25, -0.2) is 13.2 Å². The fourth-order valence-corrected chi connectivity index (χ4v) is 5.14. The van der Waals surface area contributed by atoms with Crippen molar-refractivity contribution in [2.75, 3.05) is 7.11 Å².